The van der Waals surface area contributed by atoms with Crippen molar-refractivity contribution in [1.82, 2.24) is 4.57 Å². The fraction of sp³-hybridized carbons (Fsp3) is 0.389. The van der Waals surface area contributed by atoms with Gasteiger partial charge in [-0.15, -0.1) is 0 Å². The van der Waals surface area contributed by atoms with Crippen LogP contribution in [-0.2, 0) is 12.5 Å². The third kappa shape index (κ3) is 1.67. The van der Waals surface area contributed by atoms with Crippen molar-refractivity contribution in [3.05, 3.63) is 42.1 Å². The molecule has 0 unspecified atom stereocenters. The summed E-state index contributed by atoms with van der Waals surface area (Å²) < 4.78 is 2.19. The number of aromatic nitrogens is 1. The highest BCUT2D eigenvalue weighted by Crippen LogP contribution is 2.47. The number of rotatable bonds is 1. The van der Waals surface area contributed by atoms with Crippen LogP contribution in [0.5, 0.6) is 0 Å². The van der Waals surface area contributed by atoms with E-state index in [4.69, 9.17) is 0 Å². The van der Waals surface area contributed by atoms with E-state index in [1.54, 1.807) is 0 Å². The van der Waals surface area contributed by atoms with Gasteiger partial charge in [-0.05, 0) is 48.2 Å². The SMILES string of the molecule is Cn1cccc1-c1ccc2c(c1)C1(C=N2)CCCCC1. The highest BCUT2D eigenvalue weighted by atomic mass is 14.9. The molecule has 1 aliphatic carbocycles. The molecule has 1 saturated carbocycles. The number of aryl methyl sites for hydroxylation is 1. The first kappa shape index (κ1) is 12.0. The smallest absolute Gasteiger partial charge is 0.0667 e. The zero-order chi connectivity index (χ0) is 13.6. The number of hydrogen-bond donors (Lipinski definition) is 0. The zero-order valence-corrected chi connectivity index (χ0v) is 12.0. The van der Waals surface area contributed by atoms with Crippen molar-refractivity contribution in [1.29, 1.82) is 0 Å². The second-order valence-corrected chi connectivity index (χ2v) is 6.21. The molecule has 2 nitrogen and oxygen atoms in total. The first-order chi connectivity index (χ1) is 9.78. The summed E-state index contributed by atoms with van der Waals surface area (Å²) in [6.07, 6.45) is 10.9. The van der Waals surface area contributed by atoms with E-state index >= 15 is 0 Å². The van der Waals surface area contributed by atoms with Crippen LogP contribution in [0.15, 0.2) is 41.5 Å². The predicted molar refractivity (Wildman–Crippen MR) is 83.8 cm³/mol. The molecule has 2 heterocycles. The number of benzene rings is 1. The van der Waals surface area contributed by atoms with Gasteiger partial charge in [0.1, 0.15) is 0 Å². The second kappa shape index (κ2) is 4.34. The molecular weight excluding hydrogens is 244 g/mol. The predicted octanol–water partition coefficient (Wildman–Crippen LogP) is 4.61. The third-order valence-corrected chi connectivity index (χ3v) is 4.97. The molecule has 1 aromatic heterocycles. The van der Waals surface area contributed by atoms with E-state index in [0.29, 0.717) is 0 Å². The van der Waals surface area contributed by atoms with Crippen molar-refractivity contribution < 1.29 is 0 Å². The molecule has 1 fully saturated rings. The van der Waals surface area contributed by atoms with Crippen LogP contribution in [0.1, 0.15) is 37.7 Å². The maximum absolute atomic E-state index is 4.69. The molecule has 1 aromatic carbocycles. The number of hydrogen-bond acceptors (Lipinski definition) is 1. The van der Waals surface area contributed by atoms with Gasteiger partial charge in [0.15, 0.2) is 0 Å². The summed E-state index contributed by atoms with van der Waals surface area (Å²) in [6, 6.07) is 11.1. The van der Waals surface area contributed by atoms with Gasteiger partial charge in [-0.25, -0.2) is 0 Å². The van der Waals surface area contributed by atoms with Gasteiger partial charge >= 0.3 is 0 Å². The van der Waals surface area contributed by atoms with Crippen molar-refractivity contribution in [2.24, 2.45) is 12.0 Å². The summed E-state index contributed by atoms with van der Waals surface area (Å²) in [7, 11) is 2.11. The van der Waals surface area contributed by atoms with Gasteiger partial charge in [-0.1, -0.05) is 25.3 Å². The van der Waals surface area contributed by atoms with Gasteiger partial charge in [-0.2, -0.15) is 0 Å². The van der Waals surface area contributed by atoms with Crippen molar-refractivity contribution in [2.75, 3.05) is 0 Å². The number of fused-ring (bicyclic) bond motifs is 2. The van der Waals surface area contributed by atoms with Crippen LogP contribution in [0.3, 0.4) is 0 Å². The Balaban J connectivity index is 1.82. The monoisotopic (exact) mass is 264 g/mol. The summed E-state index contributed by atoms with van der Waals surface area (Å²) in [5.41, 5.74) is 5.47. The fourth-order valence-corrected chi connectivity index (χ4v) is 3.81. The first-order valence-electron chi connectivity index (χ1n) is 7.60. The summed E-state index contributed by atoms with van der Waals surface area (Å²) >= 11 is 0. The molecular formula is C18H20N2. The Morgan fingerprint density at radius 3 is 2.70 bits per heavy atom. The average Bonchev–Trinajstić information content (AvgIpc) is 3.05. The normalized spacial score (nSPS) is 19.4. The minimum Gasteiger partial charge on any atom is -0.351 e. The summed E-state index contributed by atoms with van der Waals surface area (Å²) in [4.78, 5) is 4.69. The third-order valence-electron chi connectivity index (χ3n) is 4.97. The molecule has 0 bridgehead atoms. The Kier molecular flexibility index (Phi) is 2.59. The molecule has 0 saturated heterocycles. The molecule has 0 N–H and O–H groups in total. The lowest BCUT2D eigenvalue weighted by Crippen LogP contribution is -2.28. The van der Waals surface area contributed by atoms with Gasteiger partial charge in [0, 0.05) is 30.6 Å². The average molecular weight is 264 g/mol. The Morgan fingerprint density at radius 1 is 1.10 bits per heavy atom. The lowest BCUT2D eigenvalue weighted by molar-refractivity contribution is 0.391. The Bertz CT molecular complexity index is 672. The lowest BCUT2D eigenvalue weighted by Gasteiger charge is -2.32. The van der Waals surface area contributed by atoms with Crippen LogP contribution < -0.4 is 0 Å². The summed E-state index contributed by atoms with van der Waals surface area (Å²) in [5, 5.41) is 0. The van der Waals surface area contributed by atoms with Crippen LogP contribution in [-0.4, -0.2) is 10.8 Å². The van der Waals surface area contributed by atoms with Crippen molar-refractivity contribution in [3.8, 4) is 11.3 Å². The standard InChI is InChI=1S/C18H20N2/c1-20-11-5-6-17(20)14-7-8-16-15(12-14)18(13-19-16)9-3-2-4-10-18/h5-8,11-13H,2-4,9-10H2,1H3. The van der Waals surface area contributed by atoms with Crippen LogP contribution in [0, 0.1) is 0 Å². The molecule has 0 amide bonds. The maximum atomic E-state index is 4.69. The van der Waals surface area contributed by atoms with E-state index in [0.717, 1.165) is 0 Å². The number of aliphatic imine (C=N–C) groups is 1. The molecule has 2 aliphatic rings. The molecule has 20 heavy (non-hydrogen) atoms. The van der Waals surface area contributed by atoms with Gasteiger partial charge in [0.2, 0.25) is 0 Å². The van der Waals surface area contributed by atoms with Gasteiger partial charge in [0.25, 0.3) is 0 Å². The quantitative estimate of drug-likeness (QED) is 0.715. The minimum absolute atomic E-state index is 0.231. The van der Waals surface area contributed by atoms with Crippen molar-refractivity contribution >= 4 is 11.9 Å². The first-order valence-corrected chi connectivity index (χ1v) is 7.60. The van der Waals surface area contributed by atoms with Crippen LogP contribution >= 0.6 is 0 Å². The molecule has 4 rings (SSSR count). The van der Waals surface area contributed by atoms with Crippen LogP contribution in [0.2, 0.25) is 0 Å². The molecule has 1 spiro atoms. The van der Waals surface area contributed by atoms with Crippen LogP contribution in [0.4, 0.5) is 5.69 Å². The van der Waals surface area contributed by atoms with Crippen molar-refractivity contribution in [3.63, 3.8) is 0 Å². The summed E-state index contributed by atoms with van der Waals surface area (Å²) in [5.74, 6) is 0. The van der Waals surface area contributed by atoms with E-state index in [-0.39, 0.29) is 5.41 Å². The van der Waals surface area contributed by atoms with Gasteiger partial charge in [-0.3, -0.25) is 4.99 Å². The zero-order valence-electron chi connectivity index (χ0n) is 12.0. The topological polar surface area (TPSA) is 17.3 Å². The highest BCUT2D eigenvalue weighted by molar-refractivity contribution is 5.87. The Labute approximate surface area is 120 Å². The van der Waals surface area contributed by atoms with E-state index in [9.17, 15) is 0 Å². The highest BCUT2D eigenvalue weighted by Gasteiger charge is 2.37. The van der Waals surface area contributed by atoms with Gasteiger partial charge in [0.05, 0.1) is 5.69 Å². The van der Waals surface area contributed by atoms with E-state index in [1.165, 1.54) is 54.6 Å². The van der Waals surface area contributed by atoms with E-state index < -0.39 is 0 Å². The molecule has 2 heteroatoms. The largest absolute Gasteiger partial charge is 0.351 e. The second-order valence-electron chi connectivity index (χ2n) is 6.21. The van der Waals surface area contributed by atoms with E-state index in [1.807, 2.05) is 0 Å². The maximum Gasteiger partial charge on any atom is 0.0667 e. The molecule has 0 radical (unpaired) electrons. The molecule has 1 aliphatic heterocycles. The molecule has 2 aromatic rings. The van der Waals surface area contributed by atoms with Crippen LogP contribution in [0.25, 0.3) is 11.3 Å². The van der Waals surface area contributed by atoms with E-state index in [2.05, 4.69) is 59.4 Å². The summed E-state index contributed by atoms with van der Waals surface area (Å²) in [6.45, 7) is 0. The van der Waals surface area contributed by atoms with Gasteiger partial charge < -0.3 is 4.57 Å². The molecule has 0 atom stereocenters. The fourth-order valence-electron chi connectivity index (χ4n) is 3.81. The minimum atomic E-state index is 0.231. The molecule has 102 valence electrons. The Hall–Kier alpha value is -1.83. The van der Waals surface area contributed by atoms with Crippen molar-refractivity contribution in [2.45, 2.75) is 37.5 Å². The lowest BCUT2D eigenvalue weighted by atomic mass is 9.71. The Morgan fingerprint density at radius 2 is 1.95 bits per heavy atom. The number of nitrogens with zero attached hydrogens (tertiary/aromatic N) is 2.